The molecule has 4 rings (SSSR count). The molecule has 3 heteroatoms. The SMILES string of the molecule is C[C@]12C[C@@H](Br)C(=O)CC1CC[C@@H]1[C@@H]2CC[C@]2(C)C(=O)C=C[C@@H]12. The van der Waals surface area contributed by atoms with Gasteiger partial charge in [0.15, 0.2) is 5.78 Å². The van der Waals surface area contributed by atoms with Crippen LogP contribution in [0.4, 0.5) is 0 Å². The van der Waals surface area contributed by atoms with Gasteiger partial charge in [-0.05, 0) is 67.3 Å². The van der Waals surface area contributed by atoms with Crippen molar-refractivity contribution in [2.24, 2.45) is 34.5 Å². The maximum Gasteiger partial charge on any atom is 0.161 e. The van der Waals surface area contributed by atoms with Crippen molar-refractivity contribution in [3.8, 4) is 0 Å². The number of carbonyl (C=O) groups excluding carboxylic acids is 2. The van der Waals surface area contributed by atoms with E-state index in [-0.39, 0.29) is 15.7 Å². The Balaban J connectivity index is 1.67. The van der Waals surface area contributed by atoms with Crippen LogP contribution in [0.15, 0.2) is 12.2 Å². The molecule has 4 aliphatic rings. The highest BCUT2D eigenvalue weighted by molar-refractivity contribution is 9.10. The van der Waals surface area contributed by atoms with Crippen LogP contribution in [0.25, 0.3) is 0 Å². The molecule has 3 fully saturated rings. The average molecular weight is 365 g/mol. The fraction of sp³-hybridized carbons (Fsp3) is 0.789. The first-order chi connectivity index (χ1) is 10.4. The third-order valence-electron chi connectivity index (χ3n) is 7.75. The summed E-state index contributed by atoms with van der Waals surface area (Å²) in [6.45, 7) is 4.61. The number of halogens is 1. The van der Waals surface area contributed by atoms with Gasteiger partial charge in [0.1, 0.15) is 5.78 Å². The molecule has 3 saturated carbocycles. The summed E-state index contributed by atoms with van der Waals surface area (Å²) in [5, 5.41) is 0. The fourth-order valence-electron chi connectivity index (χ4n) is 6.33. The molecule has 0 spiro atoms. The minimum absolute atomic E-state index is 0.0431. The molecule has 0 aromatic heterocycles. The van der Waals surface area contributed by atoms with Crippen molar-refractivity contribution >= 4 is 27.5 Å². The molecule has 0 amide bonds. The van der Waals surface area contributed by atoms with Gasteiger partial charge in [-0.3, -0.25) is 9.59 Å². The second-order valence-corrected chi connectivity index (χ2v) is 9.70. The Kier molecular flexibility index (Phi) is 3.28. The van der Waals surface area contributed by atoms with E-state index >= 15 is 0 Å². The third kappa shape index (κ3) is 1.84. The van der Waals surface area contributed by atoms with E-state index in [4.69, 9.17) is 0 Å². The van der Waals surface area contributed by atoms with Gasteiger partial charge in [0, 0.05) is 11.8 Å². The smallest absolute Gasteiger partial charge is 0.161 e. The number of carbonyl (C=O) groups is 2. The Labute approximate surface area is 141 Å². The van der Waals surface area contributed by atoms with Gasteiger partial charge in [-0.25, -0.2) is 0 Å². The zero-order chi connectivity index (χ0) is 15.7. The van der Waals surface area contributed by atoms with E-state index in [2.05, 4.69) is 35.9 Å². The Bertz CT molecular complexity index is 568. The van der Waals surface area contributed by atoms with Crippen molar-refractivity contribution < 1.29 is 9.59 Å². The summed E-state index contributed by atoms with van der Waals surface area (Å²) in [5.41, 5.74) is 0.133. The number of allylic oxidation sites excluding steroid dienone is 2. The monoisotopic (exact) mass is 364 g/mol. The summed E-state index contributed by atoms with van der Waals surface area (Å²) < 4.78 is 0. The van der Waals surface area contributed by atoms with Crippen LogP contribution in [0.1, 0.15) is 52.4 Å². The number of alkyl halides is 1. The minimum Gasteiger partial charge on any atom is -0.298 e. The van der Waals surface area contributed by atoms with E-state index in [1.54, 1.807) is 0 Å². The molecule has 0 aromatic rings. The normalized spacial score (nSPS) is 53.9. The molecule has 120 valence electrons. The number of Topliss-reactive ketones (excluding diaryl/α,β-unsaturated/α-hetero) is 1. The molecule has 0 heterocycles. The van der Waals surface area contributed by atoms with Crippen molar-refractivity contribution in [2.45, 2.75) is 57.2 Å². The Morgan fingerprint density at radius 3 is 2.73 bits per heavy atom. The number of hydrogen-bond acceptors (Lipinski definition) is 2. The van der Waals surface area contributed by atoms with Crippen LogP contribution in [0.3, 0.4) is 0 Å². The highest BCUT2D eigenvalue weighted by Gasteiger charge is 2.59. The van der Waals surface area contributed by atoms with E-state index in [0.717, 1.165) is 32.1 Å². The topological polar surface area (TPSA) is 34.1 Å². The van der Waals surface area contributed by atoms with Crippen LogP contribution in [0.5, 0.6) is 0 Å². The van der Waals surface area contributed by atoms with E-state index in [9.17, 15) is 9.59 Å². The van der Waals surface area contributed by atoms with Gasteiger partial charge in [0.2, 0.25) is 0 Å². The summed E-state index contributed by atoms with van der Waals surface area (Å²) >= 11 is 3.63. The van der Waals surface area contributed by atoms with Gasteiger partial charge in [0.25, 0.3) is 0 Å². The van der Waals surface area contributed by atoms with Crippen LogP contribution in [-0.2, 0) is 9.59 Å². The van der Waals surface area contributed by atoms with Crippen LogP contribution in [0, 0.1) is 34.5 Å². The summed E-state index contributed by atoms with van der Waals surface area (Å²) in [5.74, 6) is 3.05. The molecule has 0 saturated heterocycles. The van der Waals surface area contributed by atoms with Crippen molar-refractivity contribution in [3.63, 3.8) is 0 Å². The van der Waals surface area contributed by atoms with Gasteiger partial charge in [-0.1, -0.05) is 35.9 Å². The highest BCUT2D eigenvalue weighted by Crippen LogP contribution is 2.64. The molecule has 0 aliphatic heterocycles. The minimum atomic E-state index is -0.136. The molecule has 7 atom stereocenters. The molecular formula is C19H25BrO2. The van der Waals surface area contributed by atoms with Gasteiger partial charge >= 0.3 is 0 Å². The van der Waals surface area contributed by atoms with E-state index in [1.807, 2.05) is 6.08 Å². The molecule has 2 nitrogen and oxygen atoms in total. The summed E-state index contributed by atoms with van der Waals surface area (Å²) in [6.07, 6.45) is 10.3. The lowest BCUT2D eigenvalue weighted by molar-refractivity contribution is -0.141. The molecule has 0 bridgehead atoms. The average Bonchev–Trinajstić information content (AvgIpc) is 2.77. The van der Waals surface area contributed by atoms with Crippen LogP contribution >= 0.6 is 15.9 Å². The maximum atomic E-state index is 12.3. The quantitative estimate of drug-likeness (QED) is 0.600. The summed E-state index contributed by atoms with van der Waals surface area (Å²) in [4.78, 5) is 24.5. The lowest BCUT2D eigenvalue weighted by Gasteiger charge is -2.59. The first kappa shape index (κ1) is 15.1. The van der Waals surface area contributed by atoms with Crippen molar-refractivity contribution in [2.75, 3.05) is 0 Å². The van der Waals surface area contributed by atoms with E-state index in [0.29, 0.717) is 35.2 Å². The highest BCUT2D eigenvalue weighted by atomic mass is 79.9. The molecule has 0 radical (unpaired) electrons. The first-order valence-electron chi connectivity index (χ1n) is 8.76. The number of ketones is 2. The second-order valence-electron chi connectivity index (χ2n) is 8.60. The largest absolute Gasteiger partial charge is 0.298 e. The first-order valence-corrected chi connectivity index (χ1v) is 9.67. The molecule has 1 unspecified atom stereocenters. The number of fused-ring (bicyclic) bond motifs is 5. The number of hydrogen-bond donors (Lipinski definition) is 0. The lowest BCUT2D eigenvalue weighted by Crippen LogP contribution is -2.55. The Morgan fingerprint density at radius 2 is 1.95 bits per heavy atom. The fourth-order valence-corrected chi connectivity index (χ4v) is 7.22. The summed E-state index contributed by atoms with van der Waals surface area (Å²) in [7, 11) is 0. The number of rotatable bonds is 0. The Morgan fingerprint density at radius 1 is 1.18 bits per heavy atom. The predicted molar refractivity (Wildman–Crippen MR) is 89.7 cm³/mol. The summed E-state index contributed by atoms with van der Waals surface area (Å²) in [6, 6.07) is 0. The van der Waals surface area contributed by atoms with Crippen LogP contribution < -0.4 is 0 Å². The predicted octanol–water partition coefficient (Wildman–Crippen LogP) is 4.32. The van der Waals surface area contributed by atoms with Gasteiger partial charge < -0.3 is 0 Å². The molecule has 22 heavy (non-hydrogen) atoms. The van der Waals surface area contributed by atoms with E-state index < -0.39 is 0 Å². The van der Waals surface area contributed by atoms with Crippen LogP contribution in [-0.4, -0.2) is 16.4 Å². The standard InChI is InChI=1S/C19H25BrO2/c1-18-8-7-14-12(13(18)5-6-17(18)22)4-3-11-9-16(21)15(20)10-19(11,14)2/h5-6,11-15H,3-4,7-10H2,1-2H3/t11?,12-,13-,14-,15+,18-,19-/m0/s1. The van der Waals surface area contributed by atoms with Crippen molar-refractivity contribution in [1.29, 1.82) is 0 Å². The van der Waals surface area contributed by atoms with Gasteiger partial charge in [-0.15, -0.1) is 0 Å². The van der Waals surface area contributed by atoms with Gasteiger partial charge in [-0.2, -0.15) is 0 Å². The molecule has 4 aliphatic carbocycles. The van der Waals surface area contributed by atoms with E-state index in [1.165, 1.54) is 6.42 Å². The maximum absolute atomic E-state index is 12.3. The second kappa shape index (κ2) is 4.78. The molecular weight excluding hydrogens is 340 g/mol. The third-order valence-corrected chi connectivity index (χ3v) is 8.58. The lowest BCUT2D eigenvalue weighted by atomic mass is 9.45. The molecule has 0 N–H and O–H groups in total. The van der Waals surface area contributed by atoms with Crippen molar-refractivity contribution in [1.82, 2.24) is 0 Å². The zero-order valence-electron chi connectivity index (χ0n) is 13.5. The van der Waals surface area contributed by atoms with Crippen LogP contribution in [0.2, 0.25) is 0 Å². The van der Waals surface area contributed by atoms with Crippen molar-refractivity contribution in [3.05, 3.63) is 12.2 Å². The van der Waals surface area contributed by atoms with Gasteiger partial charge in [0.05, 0.1) is 4.83 Å². The zero-order valence-corrected chi connectivity index (χ0v) is 15.1. The molecule has 0 aromatic carbocycles. The Hall–Kier alpha value is -0.440.